The molecule has 0 aromatic rings. The van der Waals surface area contributed by atoms with Crippen LogP contribution < -0.4 is 5.32 Å². The van der Waals surface area contributed by atoms with Crippen molar-refractivity contribution in [3.05, 3.63) is 11.6 Å². The lowest BCUT2D eigenvalue weighted by molar-refractivity contribution is -0.307. The number of hydrogen-bond acceptors (Lipinski definition) is 8. The maximum absolute atomic E-state index is 12.5. The van der Waals surface area contributed by atoms with Gasteiger partial charge in [0, 0.05) is 12.8 Å². The zero-order chi connectivity index (χ0) is 35.4. The van der Waals surface area contributed by atoms with Crippen molar-refractivity contribution in [2.45, 2.75) is 150 Å². The monoisotopic (exact) mass is 675 g/mol. The Balaban J connectivity index is 1.29. The van der Waals surface area contributed by atoms with Gasteiger partial charge in [0.1, 0.15) is 24.4 Å². The molecule has 6 aliphatic rings. The molecule has 6 N–H and O–H groups in total. The van der Waals surface area contributed by atoms with Crippen LogP contribution in [-0.4, -0.2) is 86.9 Å². The Bertz CT molecular complexity index is 1310. The molecule has 10 heteroatoms. The molecular weight excluding hydrogens is 614 g/mol. The van der Waals surface area contributed by atoms with Gasteiger partial charge in [-0.05, 0) is 96.2 Å². The standard InChI is InChI=1S/C38H61NO9/c1-19(41)39-29-31(44)30(43)24(18-40)47-33(29)48-27-12-13-36(6)25(35(27,4)5)11-14-37(7)26(36)10-9-22-20-15-34(2,3)16-21(32(45)46)28(20)23(42)17-38(22,37)8/h9,20-21,23-31,33,40,42-44H,10-18H2,1-8H3,(H,39,41)(H,45,46)/t20?,21-,23-,24-,25?,26?,27+,28?,29-,30-,31-,33+,36+,37-,38-/m1/s1. The van der Waals surface area contributed by atoms with Crippen LogP contribution in [0.5, 0.6) is 0 Å². The average molecular weight is 676 g/mol. The molecule has 5 aliphatic carbocycles. The number of nitrogens with one attached hydrogen (secondary N) is 1. The van der Waals surface area contributed by atoms with E-state index in [1.54, 1.807) is 0 Å². The van der Waals surface area contributed by atoms with Gasteiger partial charge < -0.3 is 40.3 Å². The van der Waals surface area contributed by atoms with E-state index >= 15 is 0 Å². The second kappa shape index (κ2) is 12.0. The van der Waals surface area contributed by atoms with Crippen LogP contribution in [0.25, 0.3) is 0 Å². The van der Waals surface area contributed by atoms with E-state index in [0.717, 1.165) is 38.5 Å². The van der Waals surface area contributed by atoms with E-state index in [0.29, 0.717) is 24.7 Å². The lowest BCUT2D eigenvalue weighted by Crippen LogP contribution is -2.67. The summed E-state index contributed by atoms with van der Waals surface area (Å²) < 4.78 is 12.7. The molecule has 4 saturated carbocycles. The molecule has 15 atom stereocenters. The van der Waals surface area contributed by atoms with E-state index in [1.807, 2.05) is 0 Å². The predicted molar refractivity (Wildman–Crippen MR) is 178 cm³/mol. The number of carbonyl (C=O) groups excluding carboxylic acids is 1. The lowest BCUT2D eigenvalue weighted by atomic mass is 9.34. The largest absolute Gasteiger partial charge is 0.481 e. The summed E-state index contributed by atoms with van der Waals surface area (Å²) in [5.74, 6) is -1.21. The Kier molecular flexibility index (Phi) is 9.07. The molecule has 1 saturated heterocycles. The summed E-state index contributed by atoms with van der Waals surface area (Å²) in [5, 5.41) is 56.1. The number of aliphatic hydroxyl groups excluding tert-OH is 4. The molecule has 0 aromatic heterocycles. The molecule has 0 spiro atoms. The minimum atomic E-state index is -1.36. The Morgan fingerprint density at radius 3 is 2.27 bits per heavy atom. The fourth-order valence-electron chi connectivity index (χ4n) is 12.9. The van der Waals surface area contributed by atoms with Gasteiger partial charge in [0.25, 0.3) is 0 Å². The lowest BCUT2D eigenvalue weighted by Gasteiger charge is -2.71. The van der Waals surface area contributed by atoms with E-state index in [-0.39, 0.29) is 50.9 Å². The number of carboxylic acid groups (broad SMARTS) is 1. The van der Waals surface area contributed by atoms with Crippen molar-refractivity contribution in [2.24, 2.45) is 56.7 Å². The highest BCUT2D eigenvalue weighted by Gasteiger charge is 2.69. The third kappa shape index (κ3) is 5.33. The predicted octanol–water partition coefficient (Wildman–Crippen LogP) is 4.03. The van der Waals surface area contributed by atoms with Gasteiger partial charge in [-0.1, -0.05) is 60.1 Å². The molecular formula is C38H61NO9. The Morgan fingerprint density at radius 1 is 0.958 bits per heavy atom. The molecule has 48 heavy (non-hydrogen) atoms. The number of rotatable bonds is 5. The third-order valence-corrected chi connectivity index (χ3v) is 15.3. The first kappa shape index (κ1) is 36.2. The number of hydrogen-bond donors (Lipinski definition) is 6. The summed E-state index contributed by atoms with van der Waals surface area (Å²) in [4.78, 5) is 24.6. The summed E-state index contributed by atoms with van der Waals surface area (Å²) in [6.45, 7) is 17.0. The quantitative estimate of drug-likeness (QED) is 0.186. The van der Waals surface area contributed by atoms with Crippen LogP contribution in [0.15, 0.2) is 11.6 Å². The van der Waals surface area contributed by atoms with E-state index in [2.05, 4.69) is 59.9 Å². The van der Waals surface area contributed by atoms with E-state index in [9.17, 15) is 35.1 Å². The number of fused-ring (bicyclic) bond motifs is 7. The zero-order valence-electron chi connectivity index (χ0n) is 30.2. The maximum Gasteiger partial charge on any atom is 0.306 e. The summed E-state index contributed by atoms with van der Waals surface area (Å²) >= 11 is 0. The van der Waals surface area contributed by atoms with Gasteiger partial charge in [-0.25, -0.2) is 0 Å². The number of carbonyl (C=O) groups is 2. The number of ether oxygens (including phenoxy) is 2. The molecule has 0 bridgehead atoms. The molecule has 0 radical (unpaired) electrons. The first-order valence-corrected chi connectivity index (χ1v) is 18.4. The molecule has 272 valence electrons. The van der Waals surface area contributed by atoms with Gasteiger partial charge >= 0.3 is 5.97 Å². The summed E-state index contributed by atoms with van der Waals surface area (Å²) in [5.41, 5.74) is 0.655. The highest BCUT2D eigenvalue weighted by atomic mass is 16.7. The fraction of sp³-hybridized carbons (Fsp3) is 0.895. The fourth-order valence-corrected chi connectivity index (χ4v) is 12.9. The third-order valence-electron chi connectivity index (χ3n) is 15.3. The van der Waals surface area contributed by atoms with E-state index in [4.69, 9.17) is 9.47 Å². The van der Waals surface area contributed by atoms with Crippen molar-refractivity contribution in [3.8, 4) is 0 Å². The van der Waals surface area contributed by atoms with Gasteiger partial charge in [-0.15, -0.1) is 0 Å². The molecule has 1 heterocycles. The van der Waals surface area contributed by atoms with Crippen LogP contribution in [0.2, 0.25) is 0 Å². The summed E-state index contributed by atoms with van der Waals surface area (Å²) in [6, 6.07) is -0.979. The van der Waals surface area contributed by atoms with Crippen LogP contribution in [0.3, 0.4) is 0 Å². The van der Waals surface area contributed by atoms with Gasteiger partial charge in [0.15, 0.2) is 6.29 Å². The van der Waals surface area contributed by atoms with Gasteiger partial charge in [0.2, 0.25) is 5.91 Å². The van der Waals surface area contributed by atoms with Gasteiger partial charge in [-0.2, -0.15) is 0 Å². The number of allylic oxidation sites excluding steroid dienone is 2. The Morgan fingerprint density at radius 2 is 1.65 bits per heavy atom. The second-order valence-corrected chi connectivity index (χ2v) is 18.7. The highest BCUT2D eigenvalue weighted by molar-refractivity contribution is 5.73. The smallest absolute Gasteiger partial charge is 0.306 e. The molecule has 4 unspecified atom stereocenters. The number of amides is 1. The van der Waals surface area contributed by atoms with Crippen molar-refractivity contribution in [1.82, 2.24) is 5.32 Å². The average Bonchev–Trinajstić information content (AvgIpc) is 2.97. The van der Waals surface area contributed by atoms with Crippen LogP contribution in [0.4, 0.5) is 0 Å². The second-order valence-electron chi connectivity index (χ2n) is 18.7. The zero-order valence-corrected chi connectivity index (χ0v) is 30.2. The minimum Gasteiger partial charge on any atom is -0.481 e. The molecule has 0 aromatic carbocycles. The van der Waals surface area contributed by atoms with Crippen LogP contribution in [-0.2, 0) is 19.1 Å². The minimum absolute atomic E-state index is 0.0214. The topological polar surface area (TPSA) is 166 Å². The van der Waals surface area contributed by atoms with Crippen molar-refractivity contribution in [1.29, 1.82) is 0 Å². The van der Waals surface area contributed by atoms with Crippen LogP contribution >= 0.6 is 0 Å². The number of aliphatic hydroxyl groups is 4. The van der Waals surface area contributed by atoms with Crippen molar-refractivity contribution in [3.63, 3.8) is 0 Å². The van der Waals surface area contributed by atoms with Crippen LogP contribution in [0, 0.1) is 56.7 Å². The molecule has 5 fully saturated rings. The molecule has 1 amide bonds. The SMILES string of the molecule is CC(=O)N[C@H]1[C@H](O[C@H]2CC[C@@]3(C)C(CC[C@]4(C)C3CC=C3C5CC(C)(C)C[C@@H](C(=O)O)C5[C@H](O)C[C@]34C)C2(C)C)O[C@H](CO)[C@@H](O)[C@@H]1O. The molecule has 6 rings (SSSR count). The van der Waals surface area contributed by atoms with Crippen molar-refractivity contribution < 1.29 is 44.6 Å². The highest BCUT2D eigenvalue weighted by Crippen LogP contribution is 2.75. The first-order chi connectivity index (χ1) is 22.2. The van der Waals surface area contributed by atoms with Crippen molar-refractivity contribution in [2.75, 3.05) is 6.61 Å². The number of aliphatic carboxylic acids is 1. The first-order valence-electron chi connectivity index (χ1n) is 18.4. The van der Waals surface area contributed by atoms with E-state index < -0.39 is 55.2 Å². The maximum atomic E-state index is 12.5. The Hall–Kier alpha value is -1.56. The molecule has 1 aliphatic heterocycles. The Labute approximate surface area is 286 Å². The number of carboxylic acids is 1. The van der Waals surface area contributed by atoms with Gasteiger partial charge in [-0.3, -0.25) is 9.59 Å². The summed E-state index contributed by atoms with van der Waals surface area (Å²) in [6.07, 6.45) is 3.45. The summed E-state index contributed by atoms with van der Waals surface area (Å²) in [7, 11) is 0. The van der Waals surface area contributed by atoms with Gasteiger partial charge in [0.05, 0.1) is 24.7 Å². The normalized spacial score (nSPS) is 50.9. The van der Waals surface area contributed by atoms with E-state index in [1.165, 1.54) is 12.5 Å². The molecule has 10 nitrogen and oxygen atoms in total. The van der Waals surface area contributed by atoms with Crippen LogP contribution in [0.1, 0.15) is 107 Å². The van der Waals surface area contributed by atoms with Crippen molar-refractivity contribution >= 4 is 11.9 Å².